The lowest BCUT2D eigenvalue weighted by atomic mass is 9.94. The fourth-order valence-corrected chi connectivity index (χ4v) is 10.00. The Balaban J connectivity index is 1.29. The number of piperidine rings is 1. The van der Waals surface area contributed by atoms with Gasteiger partial charge in [-0.25, -0.2) is 13.4 Å². The van der Waals surface area contributed by atoms with Crippen molar-refractivity contribution in [2.45, 2.75) is 45.1 Å². The van der Waals surface area contributed by atoms with Crippen molar-refractivity contribution in [3.8, 4) is 10.6 Å². The molecule has 7 nitrogen and oxygen atoms in total. The number of amides is 1. The Hall–Kier alpha value is -2.63. The molecule has 1 saturated heterocycles. The Bertz CT molecular complexity index is 1620. The van der Waals surface area contributed by atoms with E-state index in [-0.39, 0.29) is 10.8 Å². The summed E-state index contributed by atoms with van der Waals surface area (Å²) >= 11 is 3.27. The summed E-state index contributed by atoms with van der Waals surface area (Å²) in [6.07, 6.45) is 1.95. The van der Waals surface area contributed by atoms with Crippen LogP contribution < -0.4 is 5.32 Å². The Morgan fingerprint density at radius 1 is 1.05 bits per heavy atom. The summed E-state index contributed by atoms with van der Waals surface area (Å²) in [5, 5.41) is 4.89. The Morgan fingerprint density at radius 3 is 2.48 bits per heavy atom. The molecule has 0 unspecified atom stereocenters. The van der Waals surface area contributed by atoms with E-state index in [1.165, 1.54) is 10.4 Å². The van der Waals surface area contributed by atoms with Crippen LogP contribution in [0, 0.1) is 11.8 Å². The van der Waals surface area contributed by atoms with Gasteiger partial charge in [0, 0.05) is 42.2 Å². The lowest BCUT2D eigenvalue weighted by Gasteiger charge is -2.34. The van der Waals surface area contributed by atoms with Crippen LogP contribution in [0.4, 0.5) is 5.00 Å². The third-order valence-electron chi connectivity index (χ3n) is 7.91. The number of hydrogen-bond acceptors (Lipinski definition) is 7. The van der Waals surface area contributed by atoms with Crippen LogP contribution in [0.1, 0.15) is 48.0 Å². The molecule has 2 aliphatic rings. The van der Waals surface area contributed by atoms with Crippen LogP contribution in [0.5, 0.6) is 0 Å². The van der Waals surface area contributed by atoms with Crippen molar-refractivity contribution < 1.29 is 13.2 Å². The maximum absolute atomic E-state index is 13.5. The van der Waals surface area contributed by atoms with Gasteiger partial charge in [0.1, 0.15) is 10.0 Å². The molecular formula is C30H34N4O3S3. The summed E-state index contributed by atoms with van der Waals surface area (Å²) in [5.41, 5.74) is 3.68. The Kier molecular flexibility index (Phi) is 7.56. The smallest absolute Gasteiger partial charge is 0.256 e. The largest absolute Gasteiger partial charge is 0.313 e. The van der Waals surface area contributed by atoms with Gasteiger partial charge in [-0.05, 0) is 73.2 Å². The molecule has 6 rings (SSSR count). The van der Waals surface area contributed by atoms with Crippen LogP contribution in [-0.4, -0.2) is 54.7 Å². The highest BCUT2D eigenvalue weighted by atomic mass is 32.2. The molecule has 4 aromatic rings. The molecule has 2 aromatic carbocycles. The number of rotatable bonds is 6. The molecule has 4 heterocycles. The number of aromatic nitrogens is 1. The molecule has 210 valence electrons. The van der Waals surface area contributed by atoms with E-state index in [0.29, 0.717) is 30.5 Å². The monoisotopic (exact) mass is 594 g/mol. The normalized spacial score (nSPS) is 20.5. The molecule has 2 aromatic heterocycles. The minimum Gasteiger partial charge on any atom is -0.313 e. The maximum atomic E-state index is 13.5. The molecule has 0 spiro atoms. The first kappa shape index (κ1) is 27.5. The number of carbonyl (C=O) groups is 1. The highest BCUT2D eigenvalue weighted by Crippen LogP contribution is 2.45. The third kappa shape index (κ3) is 5.23. The number of likely N-dealkylation sites (N-methyl/N-ethyl adjacent to an activating group) is 1. The number of carbonyl (C=O) groups excluding carboxylic acids is 1. The number of nitrogens with one attached hydrogen (secondary N) is 1. The van der Waals surface area contributed by atoms with Gasteiger partial charge < -0.3 is 5.32 Å². The van der Waals surface area contributed by atoms with E-state index in [9.17, 15) is 13.2 Å². The first-order valence-electron chi connectivity index (χ1n) is 13.9. The number of fused-ring (bicyclic) bond motifs is 2. The first-order chi connectivity index (χ1) is 19.2. The second kappa shape index (κ2) is 11.0. The summed E-state index contributed by atoms with van der Waals surface area (Å²) in [5.74, 6) is 0.404. The molecule has 0 radical (unpaired) electrons. The topological polar surface area (TPSA) is 82.6 Å². The van der Waals surface area contributed by atoms with Gasteiger partial charge in [-0.2, -0.15) is 4.31 Å². The van der Waals surface area contributed by atoms with Crippen molar-refractivity contribution in [3.05, 3.63) is 64.5 Å². The zero-order valence-corrected chi connectivity index (χ0v) is 25.5. The molecule has 40 heavy (non-hydrogen) atoms. The van der Waals surface area contributed by atoms with E-state index >= 15 is 0 Å². The van der Waals surface area contributed by atoms with Crippen LogP contribution in [-0.2, 0) is 23.0 Å². The van der Waals surface area contributed by atoms with Gasteiger partial charge in [0.2, 0.25) is 10.0 Å². The Labute approximate surface area is 243 Å². The van der Waals surface area contributed by atoms with Crippen LogP contribution in [0.15, 0.2) is 53.4 Å². The van der Waals surface area contributed by atoms with E-state index < -0.39 is 10.0 Å². The predicted molar refractivity (Wildman–Crippen MR) is 164 cm³/mol. The highest BCUT2D eigenvalue weighted by molar-refractivity contribution is 7.89. The quantitative estimate of drug-likeness (QED) is 0.282. The standard InChI is InChI=1S/C30H34N4O3S3/c1-4-33-14-13-23-26(18-33)39-30(27(23)29-31-24-7-5-6-8-25(24)38-29)32-28(35)21-9-11-22(12-10-21)40(36,37)34-16-19(2)15-20(3)17-34/h5-12,19-20H,4,13-18H2,1-3H3,(H,32,35)/t19-,20-/m1/s1. The average Bonchev–Trinajstić information content (AvgIpc) is 3.52. The fourth-order valence-electron chi connectivity index (χ4n) is 5.92. The first-order valence-corrected chi connectivity index (χ1v) is 16.9. The molecular weight excluding hydrogens is 561 g/mol. The fraction of sp³-hybridized carbons (Fsp3) is 0.400. The number of hydrogen-bond donors (Lipinski definition) is 1. The number of nitrogens with zero attached hydrogens (tertiary/aromatic N) is 3. The van der Waals surface area contributed by atoms with E-state index in [1.54, 1.807) is 51.2 Å². The summed E-state index contributed by atoms with van der Waals surface area (Å²) < 4.78 is 29.3. The van der Waals surface area contributed by atoms with Gasteiger partial charge in [0.15, 0.2) is 0 Å². The van der Waals surface area contributed by atoms with Crippen LogP contribution >= 0.6 is 22.7 Å². The van der Waals surface area contributed by atoms with Gasteiger partial charge in [-0.1, -0.05) is 32.9 Å². The number of benzene rings is 2. The van der Waals surface area contributed by atoms with Crippen molar-refractivity contribution in [1.82, 2.24) is 14.2 Å². The highest BCUT2D eigenvalue weighted by Gasteiger charge is 2.32. The zero-order valence-electron chi connectivity index (χ0n) is 23.0. The molecule has 1 N–H and O–H groups in total. The summed E-state index contributed by atoms with van der Waals surface area (Å²) in [4.78, 5) is 22.3. The summed E-state index contributed by atoms with van der Waals surface area (Å²) in [7, 11) is -3.60. The SMILES string of the molecule is CCN1CCc2c(sc(NC(=O)c3ccc(S(=O)(=O)N4C[C@H](C)C[C@@H](C)C4)cc3)c2-c2nc3ccccc3s2)C1. The maximum Gasteiger partial charge on any atom is 0.256 e. The van der Waals surface area contributed by atoms with Crippen LogP contribution in [0.25, 0.3) is 20.8 Å². The second-order valence-electron chi connectivity index (χ2n) is 11.1. The molecule has 2 aliphatic heterocycles. The molecule has 2 atom stereocenters. The third-order valence-corrected chi connectivity index (χ3v) is 11.9. The van der Waals surface area contributed by atoms with Gasteiger partial charge in [-0.3, -0.25) is 9.69 Å². The van der Waals surface area contributed by atoms with Gasteiger partial charge in [0.25, 0.3) is 5.91 Å². The minimum absolute atomic E-state index is 0.228. The second-order valence-corrected chi connectivity index (χ2v) is 15.1. The molecule has 0 aliphatic carbocycles. The molecule has 1 amide bonds. The van der Waals surface area contributed by atoms with Gasteiger partial charge in [-0.15, -0.1) is 22.7 Å². The van der Waals surface area contributed by atoms with Crippen molar-refractivity contribution in [1.29, 1.82) is 0 Å². The van der Waals surface area contributed by atoms with E-state index in [1.807, 2.05) is 18.2 Å². The van der Waals surface area contributed by atoms with Crippen LogP contribution in [0.3, 0.4) is 0 Å². The van der Waals surface area contributed by atoms with Crippen molar-refractivity contribution in [2.75, 3.05) is 31.5 Å². The average molecular weight is 595 g/mol. The molecule has 1 fully saturated rings. The number of sulfonamides is 1. The van der Waals surface area contributed by atoms with E-state index in [0.717, 1.165) is 58.3 Å². The predicted octanol–water partition coefficient (Wildman–Crippen LogP) is 6.32. The zero-order chi connectivity index (χ0) is 28.0. The molecule has 0 saturated carbocycles. The summed E-state index contributed by atoms with van der Waals surface area (Å²) in [6, 6.07) is 14.5. The number of para-hydroxylation sites is 1. The molecule has 0 bridgehead atoms. The van der Waals surface area contributed by atoms with Crippen molar-refractivity contribution in [2.24, 2.45) is 11.8 Å². The van der Waals surface area contributed by atoms with Crippen LogP contribution in [0.2, 0.25) is 0 Å². The number of thiophene rings is 1. The number of anilines is 1. The lowest BCUT2D eigenvalue weighted by Crippen LogP contribution is -2.42. The van der Waals surface area contributed by atoms with Crippen molar-refractivity contribution >= 4 is 53.8 Å². The van der Waals surface area contributed by atoms with Gasteiger partial charge in [0.05, 0.1) is 15.1 Å². The Morgan fingerprint density at radius 2 is 1.77 bits per heavy atom. The minimum atomic E-state index is -3.60. The van der Waals surface area contributed by atoms with Gasteiger partial charge >= 0.3 is 0 Å². The van der Waals surface area contributed by atoms with Crippen molar-refractivity contribution in [3.63, 3.8) is 0 Å². The lowest BCUT2D eigenvalue weighted by molar-refractivity contribution is 0.102. The van der Waals surface area contributed by atoms with E-state index in [4.69, 9.17) is 4.98 Å². The molecule has 10 heteroatoms. The van der Waals surface area contributed by atoms with E-state index in [2.05, 4.69) is 37.1 Å². The number of thiazole rings is 1. The summed E-state index contributed by atoms with van der Waals surface area (Å²) in [6.45, 7) is 10.3.